The first-order valence-electron chi connectivity index (χ1n) is 4.00. The maximum atomic E-state index is 7.59. The lowest BCUT2D eigenvalue weighted by atomic mass is 10.0. The smallest absolute Gasteiger partial charge is 0.113 e. The molecule has 2 rings (SSSR count). The van der Waals surface area contributed by atoms with Crippen molar-refractivity contribution in [3.63, 3.8) is 0 Å². The maximum absolute atomic E-state index is 7.59. The molecule has 1 heterocycles. The molecule has 0 aliphatic carbocycles. The van der Waals surface area contributed by atoms with E-state index in [0.29, 0.717) is 15.8 Å². The minimum Gasteiger partial charge on any atom is -0.301 e. The van der Waals surface area contributed by atoms with Gasteiger partial charge < -0.3 is 5.41 Å². The van der Waals surface area contributed by atoms with Gasteiger partial charge in [0.15, 0.2) is 0 Å². The molecular weight excluding hydrogens is 221 g/mol. The molecule has 1 aliphatic heterocycles. The van der Waals surface area contributed by atoms with Gasteiger partial charge in [-0.05, 0) is 12.1 Å². The summed E-state index contributed by atoms with van der Waals surface area (Å²) in [6.45, 7) is 0. The number of hydrazone groups is 1. The van der Waals surface area contributed by atoms with Crippen LogP contribution in [0.4, 0.5) is 0 Å². The molecule has 1 aromatic carbocycles. The number of nitrogens with zero attached hydrogens (tertiary/aromatic N) is 1. The Morgan fingerprint density at radius 2 is 2.14 bits per heavy atom. The third kappa shape index (κ3) is 1.61. The lowest BCUT2D eigenvalue weighted by Gasteiger charge is -2.12. The predicted octanol–water partition coefficient (Wildman–Crippen LogP) is 2.64. The van der Waals surface area contributed by atoms with E-state index in [1.165, 1.54) is 6.21 Å². The quantitative estimate of drug-likeness (QED) is 0.762. The summed E-state index contributed by atoms with van der Waals surface area (Å²) < 4.78 is 0. The lowest BCUT2D eigenvalue weighted by Crippen LogP contribution is -2.17. The third-order valence-corrected chi connectivity index (χ3v) is 2.55. The van der Waals surface area contributed by atoms with Gasteiger partial charge in [-0.25, -0.2) is 0 Å². The van der Waals surface area contributed by atoms with E-state index in [0.717, 1.165) is 5.56 Å². The van der Waals surface area contributed by atoms with Crippen LogP contribution in [-0.4, -0.2) is 11.9 Å². The Labute approximate surface area is 91.2 Å². The lowest BCUT2D eigenvalue weighted by molar-refractivity contribution is 0.715. The topological polar surface area (TPSA) is 48.2 Å². The fourth-order valence-corrected chi connectivity index (χ4v) is 1.82. The highest BCUT2D eigenvalue weighted by molar-refractivity contribution is 6.37. The summed E-state index contributed by atoms with van der Waals surface area (Å²) in [6, 6.07) is 4.95. The van der Waals surface area contributed by atoms with Crippen LogP contribution in [0, 0.1) is 5.41 Å². The molecule has 3 nitrogen and oxygen atoms in total. The summed E-state index contributed by atoms with van der Waals surface area (Å²) in [5, 5.41) is 12.5. The zero-order valence-electron chi connectivity index (χ0n) is 7.09. The van der Waals surface area contributed by atoms with E-state index in [1.807, 2.05) is 0 Å². The Morgan fingerprint density at radius 1 is 1.36 bits per heavy atom. The molecular formula is C9H7Cl2N3. The van der Waals surface area contributed by atoms with Gasteiger partial charge in [0, 0.05) is 15.6 Å². The van der Waals surface area contributed by atoms with Crippen LogP contribution in [0.3, 0.4) is 0 Å². The van der Waals surface area contributed by atoms with Gasteiger partial charge in [0.2, 0.25) is 0 Å². The molecule has 5 heteroatoms. The van der Waals surface area contributed by atoms with Crippen molar-refractivity contribution in [3.8, 4) is 0 Å². The van der Waals surface area contributed by atoms with Crippen molar-refractivity contribution in [2.75, 3.05) is 0 Å². The molecule has 2 N–H and O–H groups in total. The minimum absolute atomic E-state index is 0.250. The maximum Gasteiger partial charge on any atom is 0.113 e. The van der Waals surface area contributed by atoms with Gasteiger partial charge in [0.25, 0.3) is 0 Å². The molecule has 0 aromatic heterocycles. The molecule has 0 fully saturated rings. The highest BCUT2D eigenvalue weighted by atomic mass is 35.5. The highest BCUT2D eigenvalue weighted by Crippen LogP contribution is 2.27. The number of rotatable bonds is 1. The second-order valence-electron chi connectivity index (χ2n) is 2.94. The van der Waals surface area contributed by atoms with Crippen LogP contribution in [0.15, 0.2) is 23.3 Å². The first kappa shape index (κ1) is 9.49. The number of halogens is 2. The molecule has 0 spiro atoms. The van der Waals surface area contributed by atoms with E-state index in [-0.39, 0.29) is 6.04 Å². The first-order valence-corrected chi connectivity index (χ1v) is 4.76. The Bertz CT molecular complexity index is 415. The summed E-state index contributed by atoms with van der Waals surface area (Å²) in [6.07, 6.45) is 1.47. The zero-order chi connectivity index (χ0) is 10.1. The summed E-state index contributed by atoms with van der Waals surface area (Å²) in [7, 11) is 0. The van der Waals surface area contributed by atoms with E-state index in [1.54, 1.807) is 18.2 Å². The van der Waals surface area contributed by atoms with Crippen LogP contribution in [0.5, 0.6) is 0 Å². The van der Waals surface area contributed by atoms with Crippen LogP contribution < -0.4 is 5.43 Å². The summed E-state index contributed by atoms with van der Waals surface area (Å²) >= 11 is 11.8. The fourth-order valence-electron chi connectivity index (χ4n) is 1.30. The van der Waals surface area contributed by atoms with Crippen LogP contribution in [0.25, 0.3) is 0 Å². The summed E-state index contributed by atoms with van der Waals surface area (Å²) in [4.78, 5) is 0. The highest BCUT2D eigenvalue weighted by Gasteiger charge is 2.21. The normalized spacial score (nSPS) is 19.9. The van der Waals surface area contributed by atoms with E-state index in [9.17, 15) is 0 Å². The molecule has 72 valence electrons. The number of benzene rings is 1. The zero-order valence-corrected chi connectivity index (χ0v) is 8.60. The van der Waals surface area contributed by atoms with Crippen LogP contribution >= 0.6 is 23.2 Å². The third-order valence-electron chi connectivity index (χ3n) is 1.99. The van der Waals surface area contributed by atoms with E-state index < -0.39 is 0 Å². The molecule has 1 aliphatic rings. The Hall–Kier alpha value is -1.06. The van der Waals surface area contributed by atoms with E-state index in [2.05, 4.69) is 10.5 Å². The number of nitrogens with one attached hydrogen (secondary N) is 2. The molecule has 0 radical (unpaired) electrons. The van der Waals surface area contributed by atoms with Gasteiger partial charge in [0.1, 0.15) is 6.04 Å². The largest absolute Gasteiger partial charge is 0.301 e. The van der Waals surface area contributed by atoms with Gasteiger partial charge in [-0.15, -0.1) is 0 Å². The molecule has 14 heavy (non-hydrogen) atoms. The SMILES string of the molecule is N=C1C=NN[C@H]1c1ccc(Cl)cc1Cl. The molecule has 0 bridgehead atoms. The van der Waals surface area contributed by atoms with E-state index in [4.69, 9.17) is 28.6 Å². The van der Waals surface area contributed by atoms with Crippen LogP contribution in [-0.2, 0) is 0 Å². The average Bonchev–Trinajstić information content (AvgIpc) is 2.52. The van der Waals surface area contributed by atoms with Gasteiger partial charge in [-0.1, -0.05) is 29.3 Å². The van der Waals surface area contributed by atoms with Crippen molar-refractivity contribution >= 4 is 35.1 Å². The Kier molecular flexibility index (Phi) is 2.44. The predicted molar refractivity (Wildman–Crippen MR) is 58.6 cm³/mol. The first-order chi connectivity index (χ1) is 6.68. The van der Waals surface area contributed by atoms with Gasteiger partial charge in [0.05, 0.1) is 11.9 Å². The second-order valence-corrected chi connectivity index (χ2v) is 3.79. The summed E-state index contributed by atoms with van der Waals surface area (Å²) in [5.74, 6) is 0. The monoisotopic (exact) mass is 227 g/mol. The minimum atomic E-state index is -0.250. The number of hydrogen-bond acceptors (Lipinski definition) is 3. The molecule has 0 saturated carbocycles. The van der Waals surface area contributed by atoms with Crippen molar-refractivity contribution in [1.29, 1.82) is 5.41 Å². The van der Waals surface area contributed by atoms with E-state index >= 15 is 0 Å². The second kappa shape index (κ2) is 3.59. The van der Waals surface area contributed by atoms with Gasteiger partial charge in [-0.3, -0.25) is 5.43 Å². The standard InChI is InChI=1S/C9H7Cl2N3/c10-5-1-2-6(7(11)3-5)9-8(12)4-13-14-9/h1-4,9,12,14H/t9-/m0/s1. The molecule has 1 atom stereocenters. The Morgan fingerprint density at radius 3 is 2.71 bits per heavy atom. The van der Waals surface area contributed by atoms with Crippen molar-refractivity contribution < 1.29 is 0 Å². The fraction of sp³-hybridized carbons (Fsp3) is 0.111. The van der Waals surface area contributed by atoms with Crippen molar-refractivity contribution in [3.05, 3.63) is 33.8 Å². The molecule has 0 amide bonds. The molecule has 1 aromatic rings. The van der Waals surface area contributed by atoms with Crippen molar-refractivity contribution in [2.45, 2.75) is 6.04 Å². The van der Waals surface area contributed by atoms with Crippen molar-refractivity contribution in [2.24, 2.45) is 5.10 Å². The van der Waals surface area contributed by atoms with Gasteiger partial charge in [-0.2, -0.15) is 5.10 Å². The van der Waals surface area contributed by atoms with Crippen molar-refractivity contribution in [1.82, 2.24) is 5.43 Å². The van der Waals surface area contributed by atoms with Crippen LogP contribution in [0.2, 0.25) is 10.0 Å². The average molecular weight is 228 g/mol. The summed E-state index contributed by atoms with van der Waals surface area (Å²) in [5.41, 5.74) is 4.02. The van der Waals surface area contributed by atoms with Crippen LogP contribution in [0.1, 0.15) is 11.6 Å². The Balaban J connectivity index is 2.37. The molecule has 0 saturated heterocycles. The number of hydrogen-bond donors (Lipinski definition) is 2. The molecule has 0 unspecified atom stereocenters. The van der Waals surface area contributed by atoms with Gasteiger partial charge >= 0.3 is 0 Å².